The number of piperidine rings is 1. The number of amides is 3. The Morgan fingerprint density at radius 1 is 1.33 bits per heavy atom. The average Bonchev–Trinajstić information content (AvgIpc) is 2.61. The molecule has 2 rings (SSSR count). The number of likely N-dealkylation sites (tertiary alicyclic amines) is 1. The molecule has 1 unspecified atom stereocenters. The number of anilines is 1. The molecule has 1 aromatic rings. The summed E-state index contributed by atoms with van der Waals surface area (Å²) in [5.74, 6) is -1.22. The molecule has 0 aromatic heterocycles. The van der Waals surface area contributed by atoms with Crippen LogP contribution in [-0.2, 0) is 9.53 Å². The molecule has 0 bridgehead atoms. The lowest BCUT2D eigenvalue weighted by molar-refractivity contribution is -0.155. The molecule has 1 heterocycles. The maximum absolute atomic E-state index is 12.9. The molecule has 148 valence electrons. The van der Waals surface area contributed by atoms with Crippen molar-refractivity contribution in [3.05, 3.63) is 29.8 Å². The van der Waals surface area contributed by atoms with E-state index in [0.29, 0.717) is 30.6 Å². The highest BCUT2D eigenvalue weighted by atomic mass is 16.5. The van der Waals surface area contributed by atoms with Gasteiger partial charge in [0.05, 0.1) is 6.61 Å². The number of carbonyl (C=O) groups is 3. The lowest BCUT2D eigenvalue weighted by Gasteiger charge is -2.39. The van der Waals surface area contributed by atoms with Crippen molar-refractivity contribution in [2.24, 2.45) is 5.41 Å². The second kappa shape index (κ2) is 8.85. The Bertz CT molecular complexity index is 702. The normalized spacial score (nSPS) is 19.6. The molecule has 0 saturated carbocycles. The van der Waals surface area contributed by atoms with Crippen LogP contribution in [0.1, 0.15) is 37.0 Å². The summed E-state index contributed by atoms with van der Waals surface area (Å²) in [7, 11) is 1.46. The number of urea groups is 1. The first-order valence-corrected chi connectivity index (χ1v) is 8.96. The Hall–Kier alpha value is -2.61. The van der Waals surface area contributed by atoms with E-state index in [-0.39, 0.29) is 31.1 Å². The Kier molecular flexibility index (Phi) is 6.79. The summed E-state index contributed by atoms with van der Waals surface area (Å²) < 4.78 is 5.10. The Labute approximate surface area is 158 Å². The first-order valence-electron chi connectivity index (χ1n) is 8.96. The fraction of sp³-hybridized carbons (Fsp3) is 0.526. The molecule has 3 amide bonds. The van der Waals surface area contributed by atoms with Gasteiger partial charge in [-0.25, -0.2) is 4.79 Å². The molecule has 8 heteroatoms. The van der Waals surface area contributed by atoms with Gasteiger partial charge in [-0.05, 0) is 44.9 Å². The van der Waals surface area contributed by atoms with Gasteiger partial charge in [0.1, 0.15) is 5.41 Å². The van der Waals surface area contributed by atoms with E-state index in [2.05, 4.69) is 10.6 Å². The van der Waals surface area contributed by atoms with E-state index in [1.54, 1.807) is 29.2 Å². The number of rotatable bonds is 6. The smallest absolute Gasteiger partial charge is 0.319 e. The summed E-state index contributed by atoms with van der Waals surface area (Å²) in [4.78, 5) is 38.0. The van der Waals surface area contributed by atoms with Gasteiger partial charge in [-0.2, -0.15) is 0 Å². The summed E-state index contributed by atoms with van der Waals surface area (Å²) in [5, 5.41) is 15.0. The number of methoxy groups -OCH3 is 1. The number of nitrogens with one attached hydrogen (secondary N) is 2. The van der Waals surface area contributed by atoms with Gasteiger partial charge in [0.15, 0.2) is 0 Å². The van der Waals surface area contributed by atoms with Gasteiger partial charge in [0, 0.05) is 37.5 Å². The van der Waals surface area contributed by atoms with Crippen LogP contribution < -0.4 is 10.6 Å². The number of aliphatic carboxylic acids is 1. The van der Waals surface area contributed by atoms with Gasteiger partial charge in [-0.1, -0.05) is 6.07 Å². The van der Waals surface area contributed by atoms with Gasteiger partial charge >= 0.3 is 12.0 Å². The molecule has 1 aliphatic rings. The number of nitrogens with zero attached hydrogens (tertiary/aromatic N) is 1. The summed E-state index contributed by atoms with van der Waals surface area (Å²) in [6.45, 7) is 4.35. The van der Waals surface area contributed by atoms with Gasteiger partial charge < -0.3 is 25.4 Å². The van der Waals surface area contributed by atoms with E-state index >= 15 is 0 Å². The van der Waals surface area contributed by atoms with Crippen LogP contribution in [0.25, 0.3) is 0 Å². The van der Waals surface area contributed by atoms with Crippen LogP contribution in [0.3, 0.4) is 0 Å². The summed E-state index contributed by atoms with van der Waals surface area (Å²) >= 11 is 0. The van der Waals surface area contributed by atoms with E-state index in [1.165, 1.54) is 7.11 Å². The molecule has 1 fully saturated rings. The van der Waals surface area contributed by atoms with Crippen molar-refractivity contribution in [3.63, 3.8) is 0 Å². The Morgan fingerprint density at radius 3 is 2.70 bits per heavy atom. The van der Waals surface area contributed by atoms with Crippen LogP contribution in [0, 0.1) is 5.41 Å². The highest BCUT2D eigenvalue weighted by Crippen LogP contribution is 2.31. The molecule has 8 nitrogen and oxygen atoms in total. The summed E-state index contributed by atoms with van der Waals surface area (Å²) in [6.07, 6.45) is 1.06. The number of carbonyl (C=O) groups excluding carboxylic acids is 2. The van der Waals surface area contributed by atoms with E-state index in [1.807, 2.05) is 13.8 Å². The lowest BCUT2D eigenvalue weighted by atomic mass is 9.80. The molecule has 1 atom stereocenters. The van der Waals surface area contributed by atoms with Gasteiger partial charge in [0.2, 0.25) is 0 Å². The van der Waals surface area contributed by atoms with E-state index in [9.17, 15) is 19.5 Å². The minimum absolute atomic E-state index is 0.00640. The zero-order valence-corrected chi connectivity index (χ0v) is 15.9. The number of carboxylic acids is 1. The SMILES string of the molecule is COCC1(C(=O)O)CCCN(C(=O)c2cccc(NC(=O)NC(C)C)c2)C1. The number of benzene rings is 1. The van der Waals surface area contributed by atoms with Crippen LogP contribution in [-0.4, -0.2) is 60.8 Å². The van der Waals surface area contributed by atoms with Crippen LogP contribution in [0.2, 0.25) is 0 Å². The zero-order valence-electron chi connectivity index (χ0n) is 15.9. The fourth-order valence-corrected chi connectivity index (χ4v) is 3.28. The zero-order chi connectivity index (χ0) is 20.0. The maximum Gasteiger partial charge on any atom is 0.319 e. The minimum atomic E-state index is -1.09. The van der Waals surface area contributed by atoms with Crippen LogP contribution in [0.5, 0.6) is 0 Å². The third-order valence-corrected chi connectivity index (χ3v) is 4.53. The highest BCUT2D eigenvalue weighted by Gasteiger charge is 2.44. The third kappa shape index (κ3) is 5.19. The monoisotopic (exact) mass is 377 g/mol. The summed E-state index contributed by atoms with van der Waals surface area (Å²) in [6, 6.07) is 6.27. The lowest BCUT2D eigenvalue weighted by Crippen LogP contribution is -2.52. The number of hydrogen-bond acceptors (Lipinski definition) is 4. The van der Waals surface area contributed by atoms with Gasteiger partial charge in [0.25, 0.3) is 5.91 Å². The standard InChI is InChI=1S/C19H27N3O5/c1-13(2)20-18(26)21-15-7-4-6-14(10-15)16(23)22-9-5-8-19(11-22,12-27-3)17(24)25/h4,6-7,10,13H,5,8-9,11-12H2,1-3H3,(H,24,25)(H2,20,21,26). The maximum atomic E-state index is 12.9. The molecule has 0 radical (unpaired) electrons. The first-order chi connectivity index (χ1) is 12.8. The highest BCUT2D eigenvalue weighted by molar-refractivity contribution is 5.97. The predicted octanol–water partition coefficient (Wildman–Crippen LogP) is 2.17. The van der Waals surface area contributed by atoms with Crippen molar-refractivity contribution >= 4 is 23.6 Å². The summed E-state index contributed by atoms with van der Waals surface area (Å²) in [5.41, 5.74) is -0.191. The molecule has 27 heavy (non-hydrogen) atoms. The van der Waals surface area contributed by atoms with Crippen molar-refractivity contribution in [1.82, 2.24) is 10.2 Å². The molecule has 0 spiro atoms. The third-order valence-electron chi connectivity index (χ3n) is 4.53. The largest absolute Gasteiger partial charge is 0.481 e. The van der Waals surface area contributed by atoms with Crippen LogP contribution in [0.15, 0.2) is 24.3 Å². The molecular weight excluding hydrogens is 350 g/mol. The number of hydrogen-bond donors (Lipinski definition) is 3. The molecule has 1 aromatic carbocycles. The predicted molar refractivity (Wildman–Crippen MR) is 101 cm³/mol. The van der Waals surface area contributed by atoms with E-state index < -0.39 is 11.4 Å². The van der Waals surface area contributed by atoms with Gasteiger partial charge in [-0.15, -0.1) is 0 Å². The number of carboxylic acid groups (broad SMARTS) is 1. The molecular formula is C19H27N3O5. The average molecular weight is 377 g/mol. The quantitative estimate of drug-likeness (QED) is 0.704. The first kappa shape index (κ1) is 20.7. The molecule has 3 N–H and O–H groups in total. The van der Waals surface area contributed by atoms with E-state index in [0.717, 1.165) is 0 Å². The topological polar surface area (TPSA) is 108 Å². The number of ether oxygens (including phenoxy) is 1. The second-order valence-electron chi connectivity index (χ2n) is 7.18. The van der Waals surface area contributed by atoms with Crippen molar-refractivity contribution in [2.45, 2.75) is 32.7 Å². The van der Waals surface area contributed by atoms with Crippen molar-refractivity contribution in [3.8, 4) is 0 Å². The fourth-order valence-electron chi connectivity index (χ4n) is 3.28. The minimum Gasteiger partial charge on any atom is -0.481 e. The van der Waals surface area contributed by atoms with E-state index in [4.69, 9.17) is 4.74 Å². The Balaban J connectivity index is 2.14. The van der Waals surface area contributed by atoms with Crippen LogP contribution >= 0.6 is 0 Å². The molecule has 1 saturated heterocycles. The Morgan fingerprint density at radius 2 is 2.07 bits per heavy atom. The van der Waals surface area contributed by atoms with Crippen LogP contribution in [0.4, 0.5) is 10.5 Å². The van der Waals surface area contributed by atoms with Gasteiger partial charge in [-0.3, -0.25) is 9.59 Å². The molecule has 1 aliphatic heterocycles. The van der Waals surface area contributed by atoms with Crippen molar-refractivity contribution < 1.29 is 24.2 Å². The molecule has 0 aliphatic carbocycles. The van der Waals surface area contributed by atoms with Crippen molar-refractivity contribution in [1.29, 1.82) is 0 Å². The second-order valence-corrected chi connectivity index (χ2v) is 7.18. The van der Waals surface area contributed by atoms with Crippen molar-refractivity contribution in [2.75, 3.05) is 32.1 Å².